The summed E-state index contributed by atoms with van der Waals surface area (Å²) in [5.74, 6) is 0.332. The van der Waals surface area contributed by atoms with Crippen LogP contribution in [0, 0.1) is 0 Å². The molecule has 0 unspecified atom stereocenters. The van der Waals surface area contributed by atoms with Crippen LogP contribution in [0.15, 0.2) is 95.9 Å². The number of fused-ring (bicyclic) bond motifs is 1. The number of nitrogens with two attached hydrogens (primary N) is 1. The molecular formula is C29H28N4O4S. The monoisotopic (exact) mass is 528 g/mol. The van der Waals surface area contributed by atoms with E-state index in [0.717, 1.165) is 11.1 Å². The van der Waals surface area contributed by atoms with Crippen LogP contribution in [0.3, 0.4) is 0 Å². The van der Waals surface area contributed by atoms with Crippen LogP contribution in [0.2, 0.25) is 0 Å². The molecule has 4 aromatic carbocycles. The molecule has 0 bridgehead atoms. The maximum Gasteiger partial charge on any atom is 0.264 e. The zero-order valence-corrected chi connectivity index (χ0v) is 21.7. The Labute approximate surface area is 222 Å². The lowest BCUT2D eigenvalue weighted by Gasteiger charge is -2.23. The first-order valence-corrected chi connectivity index (χ1v) is 13.6. The van der Waals surface area contributed by atoms with Gasteiger partial charge in [0.1, 0.15) is 5.75 Å². The molecule has 0 saturated heterocycles. The third-order valence-electron chi connectivity index (χ3n) is 6.48. The summed E-state index contributed by atoms with van der Waals surface area (Å²) in [6.07, 6.45) is 0.624. The van der Waals surface area contributed by atoms with Crippen LogP contribution in [0.5, 0.6) is 5.75 Å². The molecule has 1 aliphatic heterocycles. The number of hydrogen-bond acceptors (Lipinski definition) is 6. The summed E-state index contributed by atoms with van der Waals surface area (Å²) in [7, 11) is -2.22. The number of ether oxygens (including phenoxy) is 1. The summed E-state index contributed by atoms with van der Waals surface area (Å²) >= 11 is 0. The minimum Gasteiger partial charge on any atom is -0.497 e. The van der Waals surface area contributed by atoms with Gasteiger partial charge in [-0.2, -0.15) is 0 Å². The molecule has 5 rings (SSSR count). The van der Waals surface area contributed by atoms with E-state index in [0.29, 0.717) is 53.6 Å². The molecular weight excluding hydrogens is 500 g/mol. The number of nitrogens with zero attached hydrogens (tertiary/aromatic N) is 1. The zero-order valence-electron chi connectivity index (χ0n) is 20.8. The molecule has 0 atom stereocenters. The minimum absolute atomic E-state index is 0.207. The number of benzene rings is 4. The fourth-order valence-electron chi connectivity index (χ4n) is 4.50. The topological polar surface area (TPSA) is 114 Å². The van der Waals surface area contributed by atoms with Gasteiger partial charge in [-0.15, -0.1) is 0 Å². The molecule has 1 aliphatic rings. The average Bonchev–Trinajstić information content (AvgIpc) is 3.39. The SMILES string of the molecule is COc1ccc(S(=O)(=O)N2CCc3cccc(NCc4cccc(C(=O)Nc5ccccc5N)c4)c32)cc1. The molecule has 38 heavy (non-hydrogen) atoms. The standard InChI is InChI=1S/C29H28N4O4S/c1-37-23-12-14-24(15-13-23)38(35,36)33-17-16-21-7-5-11-27(28(21)33)31-19-20-6-4-8-22(18-20)29(34)32-26-10-3-2-9-25(26)30/h2-15,18,31H,16-17,19,30H2,1H3,(H,32,34). The predicted octanol–water partition coefficient (Wildman–Crippen LogP) is 4.89. The smallest absolute Gasteiger partial charge is 0.264 e. The molecule has 1 amide bonds. The van der Waals surface area contributed by atoms with Crippen molar-refractivity contribution >= 4 is 38.7 Å². The van der Waals surface area contributed by atoms with Crippen LogP contribution in [-0.4, -0.2) is 28.0 Å². The molecule has 8 nitrogen and oxygen atoms in total. The Kier molecular flexibility index (Phi) is 6.93. The number of carbonyl (C=O) groups is 1. The van der Waals surface area contributed by atoms with Gasteiger partial charge in [-0.25, -0.2) is 8.42 Å². The first-order chi connectivity index (χ1) is 18.4. The first-order valence-electron chi connectivity index (χ1n) is 12.1. The Morgan fingerprint density at radius 2 is 1.68 bits per heavy atom. The van der Waals surface area contributed by atoms with Gasteiger partial charge in [0.2, 0.25) is 0 Å². The van der Waals surface area contributed by atoms with E-state index in [1.54, 1.807) is 61.7 Å². The molecule has 194 valence electrons. The Morgan fingerprint density at radius 3 is 2.45 bits per heavy atom. The summed E-state index contributed by atoms with van der Waals surface area (Å²) in [5.41, 5.74) is 10.7. The second-order valence-electron chi connectivity index (χ2n) is 8.91. The van der Waals surface area contributed by atoms with E-state index in [9.17, 15) is 13.2 Å². The molecule has 0 saturated carbocycles. The fraction of sp³-hybridized carbons (Fsp3) is 0.138. The number of para-hydroxylation sites is 3. The van der Waals surface area contributed by atoms with Crippen LogP contribution in [0.25, 0.3) is 0 Å². The third-order valence-corrected chi connectivity index (χ3v) is 8.30. The van der Waals surface area contributed by atoms with Crippen molar-refractivity contribution in [1.29, 1.82) is 0 Å². The van der Waals surface area contributed by atoms with Crippen molar-refractivity contribution in [2.75, 3.05) is 34.3 Å². The molecule has 4 N–H and O–H groups in total. The highest BCUT2D eigenvalue weighted by molar-refractivity contribution is 7.92. The quantitative estimate of drug-likeness (QED) is 0.281. The summed E-state index contributed by atoms with van der Waals surface area (Å²) in [6, 6.07) is 26.5. The molecule has 1 heterocycles. The van der Waals surface area contributed by atoms with Gasteiger partial charge >= 0.3 is 0 Å². The predicted molar refractivity (Wildman–Crippen MR) is 150 cm³/mol. The van der Waals surface area contributed by atoms with E-state index in [4.69, 9.17) is 10.5 Å². The number of carbonyl (C=O) groups excluding carboxylic acids is 1. The Hall–Kier alpha value is -4.50. The Balaban J connectivity index is 1.35. The average molecular weight is 529 g/mol. The van der Waals surface area contributed by atoms with Gasteiger partial charge in [-0.05, 0) is 72.1 Å². The van der Waals surface area contributed by atoms with Gasteiger partial charge in [0.05, 0.1) is 34.8 Å². The number of amides is 1. The number of hydrogen-bond donors (Lipinski definition) is 3. The van der Waals surface area contributed by atoms with Gasteiger partial charge in [-0.1, -0.05) is 36.4 Å². The number of nitrogen functional groups attached to an aromatic ring is 1. The highest BCUT2D eigenvalue weighted by Gasteiger charge is 2.33. The summed E-state index contributed by atoms with van der Waals surface area (Å²) < 4.78 is 33.7. The number of rotatable bonds is 8. The van der Waals surface area contributed by atoms with Crippen molar-refractivity contribution in [3.63, 3.8) is 0 Å². The van der Waals surface area contributed by atoms with E-state index >= 15 is 0 Å². The zero-order chi connectivity index (χ0) is 26.7. The molecule has 0 aromatic heterocycles. The molecule has 0 radical (unpaired) electrons. The summed E-state index contributed by atoms with van der Waals surface area (Å²) in [4.78, 5) is 13.0. The van der Waals surface area contributed by atoms with E-state index in [1.807, 2.05) is 36.4 Å². The molecule has 9 heteroatoms. The highest BCUT2D eigenvalue weighted by atomic mass is 32.2. The van der Waals surface area contributed by atoms with Crippen molar-refractivity contribution in [2.45, 2.75) is 17.9 Å². The Morgan fingerprint density at radius 1 is 0.947 bits per heavy atom. The first kappa shape index (κ1) is 25.2. The van der Waals surface area contributed by atoms with E-state index in [-0.39, 0.29) is 10.8 Å². The van der Waals surface area contributed by atoms with E-state index in [1.165, 1.54) is 4.31 Å². The normalized spacial score (nSPS) is 12.6. The summed E-state index contributed by atoms with van der Waals surface area (Å²) in [5, 5.41) is 6.22. The number of anilines is 4. The minimum atomic E-state index is -3.76. The second-order valence-corrected chi connectivity index (χ2v) is 10.8. The maximum absolute atomic E-state index is 13.5. The molecule has 4 aromatic rings. The molecule has 0 aliphatic carbocycles. The van der Waals surface area contributed by atoms with Crippen LogP contribution in [0.4, 0.5) is 22.7 Å². The van der Waals surface area contributed by atoms with Gasteiger partial charge < -0.3 is 21.1 Å². The van der Waals surface area contributed by atoms with Crippen molar-refractivity contribution in [1.82, 2.24) is 0 Å². The largest absolute Gasteiger partial charge is 0.497 e. The lowest BCUT2D eigenvalue weighted by Crippen LogP contribution is -2.29. The lowest BCUT2D eigenvalue weighted by molar-refractivity contribution is 0.102. The van der Waals surface area contributed by atoms with Gasteiger partial charge in [0, 0.05) is 18.7 Å². The Bertz CT molecular complexity index is 1590. The summed E-state index contributed by atoms with van der Waals surface area (Å²) in [6.45, 7) is 0.766. The van der Waals surface area contributed by atoms with Crippen molar-refractivity contribution in [2.24, 2.45) is 0 Å². The van der Waals surface area contributed by atoms with Crippen molar-refractivity contribution in [3.8, 4) is 5.75 Å². The second kappa shape index (κ2) is 10.5. The highest BCUT2D eigenvalue weighted by Crippen LogP contribution is 2.39. The number of sulfonamides is 1. The number of methoxy groups -OCH3 is 1. The van der Waals surface area contributed by atoms with Gasteiger partial charge in [0.15, 0.2) is 0 Å². The fourth-order valence-corrected chi connectivity index (χ4v) is 6.03. The van der Waals surface area contributed by atoms with E-state index in [2.05, 4.69) is 10.6 Å². The van der Waals surface area contributed by atoms with Crippen molar-refractivity contribution in [3.05, 3.63) is 108 Å². The lowest BCUT2D eigenvalue weighted by atomic mass is 10.1. The maximum atomic E-state index is 13.5. The van der Waals surface area contributed by atoms with Crippen LogP contribution < -0.4 is 25.4 Å². The van der Waals surface area contributed by atoms with E-state index < -0.39 is 10.0 Å². The van der Waals surface area contributed by atoms with Crippen LogP contribution >= 0.6 is 0 Å². The van der Waals surface area contributed by atoms with Gasteiger partial charge in [0.25, 0.3) is 15.9 Å². The van der Waals surface area contributed by atoms with Crippen molar-refractivity contribution < 1.29 is 17.9 Å². The molecule has 0 spiro atoms. The van der Waals surface area contributed by atoms with Crippen LogP contribution in [0.1, 0.15) is 21.5 Å². The molecule has 0 fully saturated rings. The van der Waals surface area contributed by atoms with Gasteiger partial charge in [-0.3, -0.25) is 9.10 Å². The van der Waals surface area contributed by atoms with Crippen LogP contribution in [-0.2, 0) is 23.0 Å². The number of nitrogens with one attached hydrogen (secondary N) is 2. The third kappa shape index (κ3) is 5.01.